The lowest BCUT2D eigenvalue weighted by Crippen LogP contribution is -2.53. The average molecular weight is 400 g/mol. The summed E-state index contributed by atoms with van der Waals surface area (Å²) in [7, 11) is 1.77. The van der Waals surface area contributed by atoms with Gasteiger partial charge in [-0.15, -0.1) is 0 Å². The minimum absolute atomic E-state index is 0.0617. The van der Waals surface area contributed by atoms with E-state index in [2.05, 4.69) is 16.0 Å². The number of carboxylic acids is 1. The number of carboxylic acid groups (broad SMARTS) is 1. The highest BCUT2D eigenvalue weighted by Gasteiger charge is 2.29. The monoisotopic (exact) mass is 399 g/mol. The molecule has 0 spiro atoms. The lowest BCUT2D eigenvalue weighted by atomic mass is 9.93. The molecule has 0 saturated heterocycles. The minimum atomic E-state index is -1.05. The molecule has 0 aliphatic heterocycles. The van der Waals surface area contributed by atoms with E-state index in [0.717, 1.165) is 0 Å². The number of hydrogen-bond donors (Lipinski definition) is 4. The summed E-state index contributed by atoms with van der Waals surface area (Å²) in [6, 6.07) is -1.44. The zero-order valence-electron chi connectivity index (χ0n) is 18.0. The first-order valence-corrected chi connectivity index (χ1v) is 10.0. The zero-order chi connectivity index (χ0) is 21.9. The van der Waals surface area contributed by atoms with E-state index in [1.165, 1.54) is 0 Å². The molecule has 8 heteroatoms. The standard InChI is InChI=1S/C20H37N3O5/c1-7-15(22-19(27)14(10-12(2)3)11-17(24)25)20(28)23-16(8-9-21-6)18(26)13(4)5/h12-16,21H,7-11H2,1-6H3,(H,22,27)(H,23,28)(H,24,25). The van der Waals surface area contributed by atoms with Gasteiger partial charge in [-0.05, 0) is 38.8 Å². The SMILES string of the molecule is CCC(NC(=O)C(CC(=O)O)CC(C)C)C(=O)NC(CCNC)C(=O)C(C)C. The summed E-state index contributed by atoms with van der Waals surface area (Å²) in [6.07, 6.45) is 0.942. The molecule has 0 aromatic rings. The Bertz CT molecular complexity index is 534. The lowest BCUT2D eigenvalue weighted by Gasteiger charge is -2.25. The van der Waals surface area contributed by atoms with Crippen LogP contribution in [0.1, 0.15) is 60.3 Å². The van der Waals surface area contributed by atoms with Crippen LogP contribution in [-0.2, 0) is 19.2 Å². The van der Waals surface area contributed by atoms with Crippen LogP contribution in [0.5, 0.6) is 0 Å². The van der Waals surface area contributed by atoms with E-state index >= 15 is 0 Å². The smallest absolute Gasteiger partial charge is 0.304 e. The third-order valence-corrected chi connectivity index (χ3v) is 4.50. The van der Waals surface area contributed by atoms with Gasteiger partial charge < -0.3 is 21.1 Å². The van der Waals surface area contributed by atoms with Gasteiger partial charge in [-0.3, -0.25) is 19.2 Å². The van der Waals surface area contributed by atoms with E-state index in [4.69, 9.17) is 5.11 Å². The molecule has 3 atom stereocenters. The van der Waals surface area contributed by atoms with Gasteiger partial charge in [-0.25, -0.2) is 0 Å². The fourth-order valence-electron chi connectivity index (χ4n) is 2.95. The van der Waals surface area contributed by atoms with Crippen LogP contribution in [0, 0.1) is 17.8 Å². The third kappa shape index (κ3) is 9.82. The zero-order valence-corrected chi connectivity index (χ0v) is 18.0. The molecule has 0 heterocycles. The molecule has 0 bridgehead atoms. The molecule has 0 rings (SSSR count). The van der Waals surface area contributed by atoms with Gasteiger partial charge in [-0.1, -0.05) is 34.6 Å². The van der Waals surface area contributed by atoms with Gasteiger partial charge in [0, 0.05) is 11.8 Å². The Morgan fingerprint density at radius 2 is 1.50 bits per heavy atom. The van der Waals surface area contributed by atoms with Gasteiger partial charge in [0.25, 0.3) is 0 Å². The highest BCUT2D eigenvalue weighted by Crippen LogP contribution is 2.16. The van der Waals surface area contributed by atoms with Gasteiger partial charge in [0.05, 0.1) is 12.5 Å². The molecule has 4 N–H and O–H groups in total. The molecule has 2 amide bonds. The van der Waals surface area contributed by atoms with Gasteiger partial charge in [-0.2, -0.15) is 0 Å². The Hall–Kier alpha value is -1.96. The van der Waals surface area contributed by atoms with E-state index < -0.39 is 35.8 Å². The van der Waals surface area contributed by atoms with E-state index in [1.54, 1.807) is 27.8 Å². The van der Waals surface area contributed by atoms with Crippen LogP contribution < -0.4 is 16.0 Å². The summed E-state index contributed by atoms with van der Waals surface area (Å²) in [5.74, 6) is -2.75. The minimum Gasteiger partial charge on any atom is -0.481 e. The average Bonchev–Trinajstić information content (AvgIpc) is 2.60. The van der Waals surface area contributed by atoms with Gasteiger partial charge in [0.2, 0.25) is 11.8 Å². The fourth-order valence-corrected chi connectivity index (χ4v) is 2.95. The van der Waals surface area contributed by atoms with Crippen LogP contribution >= 0.6 is 0 Å². The molecule has 8 nitrogen and oxygen atoms in total. The van der Waals surface area contributed by atoms with Crippen LogP contribution in [0.15, 0.2) is 0 Å². The molecule has 0 aromatic heterocycles. The van der Waals surface area contributed by atoms with Gasteiger partial charge >= 0.3 is 5.97 Å². The number of ketones is 1. The van der Waals surface area contributed by atoms with Crippen molar-refractivity contribution >= 4 is 23.6 Å². The topological polar surface area (TPSA) is 125 Å². The predicted octanol–water partition coefficient (Wildman–Crippen LogP) is 1.34. The quantitative estimate of drug-likeness (QED) is 0.349. The van der Waals surface area contributed by atoms with Crippen LogP contribution in [0.4, 0.5) is 0 Å². The first kappa shape index (κ1) is 26.0. The maximum Gasteiger partial charge on any atom is 0.304 e. The van der Waals surface area contributed by atoms with Crippen molar-refractivity contribution in [2.45, 2.75) is 72.4 Å². The molecule has 0 radical (unpaired) electrons. The first-order chi connectivity index (χ1) is 13.0. The van der Waals surface area contributed by atoms with E-state index in [0.29, 0.717) is 25.8 Å². The Kier molecular flexibility index (Phi) is 12.3. The van der Waals surface area contributed by atoms with Gasteiger partial charge in [0.1, 0.15) is 6.04 Å². The third-order valence-electron chi connectivity index (χ3n) is 4.50. The Balaban J connectivity index is 5.13. The summed E-state index contributed by atoms with van der Waals surface area (Å²) in [5, 5.41) is 17.4. The molecule has 0 aliphatic carbocycles. The summed E-state index contributed by atoms with van der Waals surface area (Å²) >= 11 is 0. The lowest BCUT2D eigenvalue weighted by molar-refractivity contribution is -0.142. The van der Waals surface area contributed by atoms with Crippen LogP contribution in [0.3, 0.4) is 0 Å². The second-order valence-corrected chi connectivity index (χ2v) is 7.90. The Morgan fingerprint density at radius 1 is 0.929 bits per heavy atom. The van der Waals surface area contributed by atoms with E-state index in [1.807, 2.05) is 13.8 Å². The number of nitrogens with one attached hydrogen (secondary N) is 3. The van der Waals surface area contributed by atoms with Crippen molar-refractivity contribution in [2.75, 3.05) is 13.6 Å². The summed E-state index contributed by atoms with van der Waals surface area (Å²) in [4.78, 5) is 48.7. The number of hydrogen-bond acceptors (Lipinski definition) is 5. The largest absolute Gasteiger partial charge is 0.481 e. The molecule has 0 aromatic carbocycles. The Labute approximate surface area is 168 Å². The van der Waals surface area contributed by atoms with Crippen molar-refractivity contribution in [1.82, 2.24) is 16.0 Å². The van der Waals surface area contributed by atoms with Gasteiger partial charge in [0.15, 0.2) is 5.78 Å². The molecule has 0 saturated carbocycles. The molecule has 162 valence electrons. The first-order valence-electron chi connectivity index (χ1n) is 10.0. The molecular formula is C20H37N3O5. The van der Waals surface area contributed by atoms with E-state index in [9.17, 15) is 19.2 Å². The normalized spacial score (nSPS) is 14.4. The second kappa shape index (κ2) is 13.3. The molecule has 3 unspecified atom stereocenters. The highest BCUT2D eigenvalue weighted by molar-refractivity contribution is 5.94. The van der Waals surface area contributed by atoms with Crippen LogP contribution in [-0.4, -0.2) is 54.3 Å². The van der Waals surface area contributed by atoms with Crippen molar-refractivity contribution in [1.29, 1.82) is 0 Å². The van der Waals surface area contributed by atoms with Crippen molar-refractivity contribution in [3.8, 4) is 0 Å². The summed E-state index contributed by atoms with van der Waals surface area (Å²) in [5.41, 5.74) is 0. The molecular weight excluding hydrogens is 362 g/mol. The van der Waals surface area contributed by atoms with Crippen molar-refractivity contribution < 1.29 is 24.3 Å². The maximum atomic E-state index is 12.7. The number of carbonyl (C=O) groups excluding carboxylic acids is 3. The van der Waals surface area contributed by atoms with Crippen molar-refractivity contribution in [3.63, 3.8) is 0 Å². The number of rotatable bonds is 14. The van der Waals surface area contributed by atoms with Crippen molar-refractivity contribution in [2.24, 2.45) is 17.8 Å². The fraction of sp³-hybridized carbons (Fsp3) is 0.800. The summed E-state index contributed by atoms with van der Waals surface area (Å²) in [6.45, 7) is 9.71. The molecule has 0 fully saturated rings. The number of Topliss-reactive ketones (excluding diaryl/α,β-unsaturated/α-hetero) is 1. The second-order valence-electron chi connectivity index (χ2n) is 7.90. The van der Waals surface area contributed by atoms with Crippen molar-refractivity contribution in [3.05, 3.63) is 0 Å². The van der Waals surface area contributed by atoms with E-state index in [-0.39, 0.29) is 24.0 Å². The van der Waals surface area contributed by atoms with Crippen LogP contribution in [0.25, 0.3) is 0 Å². The molecule has 28 heavy (non-hydrogen) atoms. The maximum absolute atomic E-state index is 12.7. The Morgan fingerprint density at radius 3 is 1.93 bits per heavy atom. The number of carbonyl (C=O) groups is 4. The number of aliphatic carboxylic acids is 1. The number of amides is 2. The van der Waals surface area contributed by atoms with Crippen LogP contribution in [0.2, 0.25) is 0 Å². The molecule has 0 aliphatic rings. The predicted molar refractivity (Wildman–Crippen MR) is 108 cm³/mol. The summed E-state index contributed by atoms with van der Waals surface area (Å²) < 4.78 is 0. The highest BCUT2D eigenvalue weighted by atomic mass is 16.4.